The molecule has 0 bridgehead atoms. The standard InChI is InChI=1S/C54H38N2Si/c1-6-21-39(22-7-1)48-37-44(57(41-25-10-3-11-26-41,42-27-12-4-13-28-42)43-29-14-5-15-30-43)38-49-46-32-17-19-35-51(46)56(53(48)49)52-36-20-33-47-45-31-16-18-34-50(45)55(54(47)52)40-23-8-2-9-24-40/h1-38H. The molecule has 2 heterocycles. The Kier molecular flexibility index (Phi) is 7.87. The van der Waals surface area contributed by atoms with Crippen molar-refractivity contribution < 1.29 is 0 Å². The smallest absolute Gasteiger partial charge is 0.179 e. The van der Waals surface area contributed by atoms with E-state index in [1.54, 1.807) is 0 Å². The lowest BCUT2D eigenvalue weighted by Crippen LogP contribution is -2.74. The van der Waals surface area contributed by atoms with Crippen molar-refractivity contribution in [1.29, 1.82) is 0 Å². The first-order chi connectivity index (χ1) is 28.3. The third-order valence-electron chi connectivity index (χ3n) is 11.8. The summed E-state index contributed by atoms with van der Waals surface area (Å²) in [7, 11) is -2.87. The Morgan fingerprint density at radius 1 is 0.298 bits per heavy atom. The van der Waals surface area contributed by atoms with Crippen LogP contribution in [0.5, 0.6) is 0 Å². The van der Waals surface area contributed by atoms with Gasteiger partial charge in [0.05, 0.1) is 27.8 Å². The van der Waals surface area contributed by atoms with Gasteiger partial charge in [0.15, 0.2) is 8.07 Å². The van der Waals surface area contributed by atoms with Crippen LogP contribution in [0.4, 0.5) is 0 Å². The largest absolute Gasteiger partial charge is 0.307 e. The molecule has 0 fully saturated rings. The minimum atomic E-state index is -2.87. The molecular formula is C54H38N2Si. The fourth-order valence-corrected chi connectivity index (χ4v) is 14.3. The van der Waals surface area contributed by atoms with Gasteiger partial charge < -0.3 is 9.13 Å². The molecule has 0 radical (unpaired) electrons. The normalized spacial score (nSPS) is 11.9. The topological polar surface area (TPSA) is 9.86 Å². The number of hydrogen-bond acceptors (Lipinski definition) is 0. The number of aromatic nitrogens is 2. The van der Waals surface area contributed by atoms with E-state index in [4.69, 9.17) is 0 Å². The fraction of sp³-hybridized carbons (Fsp3) is 0. The van der Waals surface area contributed by atoms with Crippen LogP contribution in [-0.4, -0.2) is 17.2 Å². The van der Waals surface area contributed by atoms with Crippen molar-refractivity contribution in [3.05, 3.63) is 231 Å². The van der Waals surface area contributed by atoms with Gasteiger partial charge in [-0.2, -0.15) is 0 Å². The molecule has 0 unspecified atom stereocenters. The van der Waals surface area contributed by atoms with Crippen LogP contribution >= 0.6 is 0 Å². The summed E-state index contributed by atoms with van der Waals surface area (Å²) in [6, 6.07) is 85.3. The second-order valence-corrected chi connectivity index (χ2v) is 18.7. The number of nitrogens with zero attached hydrogens (tertiary/aromatic N) is 2. The predicted octanol–water partition coefficient (Wildman–Crippen LogP) is 10.9. The van der Waals surface area contributed by atoms with E-state index >= 15 is 0 Å². The van der Waals surface area contributed by atoms with Gasteiger partial charge in [0.2, 0.25) is 0 Å². The van der Waals surface area contributed by atoms with E-state index in [9.17, 15) is 0 Å². The van der Waals surface area contributed by atoms with Crippen LogP contribution in [0, 0.1) is 0 Å². The molecule has 2 aromatic heterocycles. The zero-order chi connectivity index (χ0) is 37.8. The first-order valence-electron chi connectivity index (χ1n) is 19.7. The average Bonchev–Trinajstić information content (AvgIpc) is 3.81. The van der Waals surface area contributed by atoms with E-state index in [1.165, 1.54) is 75.5 Å². The van der Waals surface area contributed by atoms with Crippen LogP contribution in [-0.2, 0) is 0 Å². The molecule has 0 spiro atoms. The molecular weight excluding hydrogens is 705 g/mol. The first kappa shape index (κ1) is 33.2. The monoisotopic (exact) mass is 742 g/mol. The molecule has 3 heteroatoms. The van der Waals surface area contributed by atoms with E-state index in [0.717, 1.165) is 11.4 Å². The molecule has 0 saturated heterocycles. The quantitative estimate of drug-likeness (QED) is 0.114. The maximum Gasteiger partial charge on any atom is 0.179 e. The van der Waals surface area contributed by atoms with Gasteiger partial charge in [-0.15, -0.1) is 0 Å². The highest BCUT2D eigenvalue weighted by Gasteiger charge is 2.42. The highest BCUT2D eigenvalue weighted by molar-refractivity contribution is 7.20. The molecule has 11 aromatic rings. The number of para-hydroxylation sites is 4. The lowest BCUT2D eigenvalue weighted by molar-refractivity contribution is 1.13. The van der Waals surface area contributed by atoms with Crippen LogP contribution in [0.2, 0.25) is 0 Å². The molecule has 9 aromatic carbocycles. The lowest BCUT2D eigenvalue weighted by atomic mass is 10.0. The van der Waals surface area contributed by atoms with Gasteiger partial charge in [0, 0.05) is 32.8 Å². The Labute approximate surface area is 333 Å². The first-order valence-corrected chi connectivity index (χ1v) is 21.7. The van der Waals surface area contributed by atoms with Crippen LogP contribution in [0.25, 0.3) is 66.1 Å². The Balaban J connectivity index is 1.34. The van der Waals surface area contributed by atoms with Crippen molar-refractivity contribution in [3.63, 3.8) is 0 Å². The molecule has 0 aliphatic carbocycles. The summed E-state index contributed by atoms with van der Waals surface area (Å²) in [5, 5.41) is 10.4. The van der Waals surface area contributed by atoms with Gasteiger partial charge in [-0.05, 0) is 56.6 Å². The number of benzene rings is 9. The van der Waals surface area contributed by atoms with Crippen molar-refractivity contribution in [2.75, 3.05) is 0 Å². The molecule has 268 valence electrons. The Hall–Kier alpha value is -7.20. The predicted molar refractivity (Wildman–Crippen MR) is 244 cm³/mol. The van der Waals surface area contributed by atoms with Gasteiger partial charge in [0.1, 0.15) is 0 Å². The van der Waals surface area contributed by atoms with E-state index < -0.39 is 8.07 Å². The van der Waals surface area contributed by atoms with Crippen molar-refractivity contribution >= 4 is 72.4 Å². The summed E-state index contributed by atoms with van der Waals surface area (Å²) in [4.78, 5) is 0. The Morgan fingerprint density at radius 3 is 1.33 bits per heavy atom. The van der Waals surface area contributed by atoms with Gasteiger partial charge >= 0.3 is 0 Å². The number of hydrogen-bond donors (Lipinski definition) is 0. The minimum absolute atomic E-state index is 1.15. The van der Waals surface area contributed by atoms with Gasteiger partial charge in [-0.3, -0.25) is 0 Å². The summed E-state index contributed by atoms with van der Waals surface area (Å²) < 4.78 is 5.00. The highest BCUT2D eigenvalue weighted by Crippen LogP contribution is 2.42. The maximum atomic E-state index is 2.55. The minimum Gasteiger partial charge on any atom is -0.307 e. The molecule has 0 N–H and O–H groups in total. The number of rotatable bonds is 7. The molecule has 0 aliphatic rings. The zero-order valence-electron chi connectivity index (χ0n) is 31.3. The van der Waals surface area contributed by atoms with E-state index in [1.807, 2.05) is 0 Å². The van der Waals surface area contributed by atoms with E-state index in [-0.39, 0.29) is 0 Å². The Morgan fingerprint density at radius 2 is 0.754 bits per heavy atom. The third kappa shape index (κ3) is 5.10. The molecule has 0 atom stereocenters. The molecule has 11 rings (SSSR count). The zero-order valence-corrected chi connectivity index (χ0v) is 32.3. The third-order valence-corrected chi connectivity index (χ3v) is 16.6. The van der Waals surface area contributed by atoms with E-state index in [2.05, 4.69) is 240 Å². The van der Waals surface area contributed by atoms with Crippen LogP contribution in [0.3, 0.4) is 0 Å². The Bertz CT molecular complexity index is 3110. The average molecular weight is 743 g/mol. The summed E-state index contributed by atoms with van der Waals surface area (Å²) in [6.45, 7) is 0. The van der Waals surface area contributed by atoms with Gasteiger partial charge in [-0.1, -0.05) is 200 Å². The molecule has 0 aliphatic heterocycles. The van der Waals surface area contributed by atoms with E-state index in [0.29, 0.717) is 0 Å². The maximum absolute atomic E-state index is 2.87. The van der Waals surface area contributed by atoms with Gasteiger partial charge in [0.25, 0.3) is 0 Å². The summed E-state index contributed by atoms with van der Waals surface area (Å²) >= 11 is 0. The van der Waals surface area contributed by atoms with Gasteiger partial charge in [-0.25, -0.2) is 0 Å². The summed E-state index contributed by atoms with van der Waals surface area (Å²) in [5.74, 6) is 0. The van der Waals surface area contributed by atoms with Crippen molar-refractivity contribution in [1.82, 2.24) is 9.13 Å². The fourth-order valence-electron chi connectivity index (χ4n) is 9.49. The molecule has 2 nitrogen and oxygen atoms in total. The summed E-state index contributed by atoms with van der Waals surface area (Å²) in [5.41, 5.74) is 9.50. The highest BCUT2D eigenvalue weighted by atomic mass is 28.3. The SMILES string of the molecule is c1ccc(-c2cc([Si](c3ccccc3)(c3ccccc3)c3ccccc3)cc3c4ccccc4n(-c4cccc5c6ccccc6n(-c6ccccc6)c45)c23)cc1. The molecule has 57 heavy (non-hydrogen) atoms. The lowest BCUT2D eigenvalue weighted by Gasteiger charge is -2.35. The second kappa shape index (κ2) is 13.5. The summed E-state index contributed by atoms with van der Waals surface area (Å²) in [6.07, 6.45) is 0. The number of fused-ring (bicyclic) bond motifs is 6. The molecule has 0 saturated carbocycles. The molecule has 0 amide bonds. The van der Waals surface area contributed by atoms with Crippen molar-refractivity contribution in [3.8, 4) is 22.5 Å². The van der Waals surface area contributed by atoms with Crippen LogP contribution in [0.1, 0.15) is 0 Å². The van der Waals surface area contributed by atoms with Crippen molar-refractivity contribution in [2.45, 2.75) is 0 Å². The van der Waals surface area contributed by atoms with Crippen LogP contribution in [0.15, 0.2) is 231 Å². The van der Waals surface area contributed by atoms with Crippen LogP contribution < -0.4 is 20.7 Å². The second-order valence-electron chi connectivity index (χ2n) is 14.8. The van der Waals surface area contributed by atoms with Crippen molar-refractivity contribution in [2.24, 2.45) is 0 Å².